The van der Waals surface area contributed by atoms with Crippen LogP contribution in [-0.4, -0.2) is 17.5 Å². The summed E-state index contributed by atoms with van der Waals surface area (Å²) in [6, 6.07) is 14.5. The molecule has 0 unspecified atom stereocenters. The highest BCUT2D eigenvalue weighted by molar-refractivity contribution is 6.07. The zero-order valence-corrected chi connectivity index (χ0v) is 14.0. The third-order valence-corrected chi connectivity index (χ3v) is 4.02. The van der Waals surface area contributed by atoms with Crippen molar-refractivity contribution < 1.29 is 23.6 Å². The number of ether oxygens (including phenoxy) is 2. The molecule has 0 aliphatic carbocycles. The Morgan fingerprint density at radius 2 is 1.89 bits per heavy atom. The number of nitrogens with zero attached hydrogens (tertiary/aromatic N) is 1. The van der Waals surface area contributed by atoms with Crippen molar-refractivity contribution in [3.63, 3.8) is 0 Å². The molecule has 7 nitrogen and oxygen atoms in total. The van der Waals surface area contributed by atoms with Gasteiger partial charge in [0.2, 0.25) is 6.79 Å². The minimum Gasteiger partial charge on any atom is -0.457 e. The summed E-state index contributed by atoms with van der Waals surface area (Å²) in [6.07, 6.45) is 2.95. The van der Waals surface area contributed by atoms with Crippen molar-refractivity contribution in [1.29, 1.82) is 0 Å². The molecule has 1 aliphatic rings. The van der Waals surface area contributed by atoms with Gasteiger partial charge in [-0.05, 0) is 42.5 Å². The lowest BCUT2D eigenvalue weighted by Gasteiger charge is -1.99. The fourth-order valence-corrected chi connectivity index (χ4v) is 2.67. The quantitative estimate of drug-likeness (QED) is 0.287. The Morgan fingerprint density at radius 1 is 1.04 bits per heavy atom. The Morgan fingerprint density at radius 3 is 2.74 bits per heavy atom. The summed E-state index contributed by atoms with van der Waals surface area (Å²) >= 11 is 0. The molecule has 3 aromatic rings. The number of furan rings is 1. The van der Waals surface area contributed by atoms with Crippen LogP contribution in [0.3, 0.4) is 0 Å². The monoisotopic (exact) mass is 363 g/mol. The summed E-state index contributed by atoms with van der Waals surface area (Å²) in [5.41, 5.74) is 1.05. The molecule has 0 fully saturated rings. The van der Waals surface area contributed by atoms with Gasteiger partial charge in [-0.15, -0.1) is 0 Å². The van der Waals surface area contributed by atoms with Crippen molar-refractivity contribution in [3.8, 4) is 22.8 Å². The lowest BCUT2D eigenvalue weighted by molar-refractivity contribution is -0.384. The average Bonchev–Trinajstić information content (AvgIpc) is 3.35. The zero-order chi connectivity index (χ0) is 18.8. The normalized spacial score (nSPS) is 12.4. The van der Waals surface area contributed by atoms with Gasteiger partial charge >= 0.3 is 0 Å². The van der Waals surface area contributed by atoms with E-state index in [9.17, 15) is 14.9 Å². The molecular weight excluding hydrogens is 350 g/mol. The SMILES string of the molecule is O=C(/C=C/c1ccc(-c2cccc([N+](=O)[O-])c2)o1)c1ccc2c(c1)OCO2. The molecule has 7 heteroatoms. The number of ketones is 1. The predicted molar refractivity (Wildman–Crippen MR) is 96.7 cm³/mol. The summed E-state index contributed by atoms with van der Waals surface area (Å²) < 4.78 is 16.1. The van der Waals surface area contributed by atoms with Crippen molar-refractivity contribution in [2.24, 2.45) is 0 Å². The van der Waals surface area contributed by atoms with E-state index in [0.29, 0.717) is 34.1 Å². The molecule has 1 aliphatic heterocycles. The molecule has 134 valence electrons. The van der Waals surface area contributed by atoms with E-state index in [1.165, 1.54) is 18.2 Å². The van der Waals surface area contributed by atoms with Gasteiger partial charge in [0.25, 0.3) is 5.69 Å². The number of nitro groups is 1. The number of carbonyl (C=O) groups excluding carboxylic acids is 1. The van der Waals surface area contributed by atoms with E-state index in [1.54, 1.807) is 48.5 Å². The number of carbonyl (C=O) groups is 1. The Hall–Kier alpha value is -3.87. The van der Waals surface area contributed by atoms with Gasteiger partial charge in [-0.25, -0.2) is 0 Å². The van der Waals surface area contributed by atoms with Gasteiger partial charge in [-0.1, -0.05) is 12.1 Å². The van der Waals surface area contributed by atoms with Gasteiger partial charge in [-0.3, -0.25) is 14.9 Å². The van der Waals surface area contributed by atoms with E-state index >= 15 is 0 Å². The fourth-order valence-electron chi connectivity index (χ4n) is 2.67. The molecule has 0 saturated carbocycles. The van der Waals surface area contributed by atoms with E-state index < -0.39 is 4.92 Å². The van der Waals surface area contributed by atoms with Crippen molar-refractivity contribution in [1.82, 2.24) is 0 Å². The zero-order valence-electron chi connectivity index (χ0n) is 14.0. The number of non-ortho nitro benzene ring substituents is 1. The van der Waals surface area contributed by atoms with Crippen LogP contribution in [0.5, 0.6) is 11.5 Å². The lowest BCUT2D eigenvalue weighted by atomic mass is 10.1. The van der Waals surface area contributed by atoms with Gasteiger partial charge in [-0.2, -0.15) is 0 Å². The van der Waals surface area contributed by atoms with Crippen LogP contribution in [-0.2, 0) is 0 Å². The van der Waals surface area contributed by atoms with Crippen LogP contribution in [0.25, 0.3) is 17.4 Å². The Balaban J connectivity index is 1.51. The minimum absolute atomic E-state index is 0.0148. The topological polar surface area (TPSA) is 91.8 Å². The minimum atomic E-state index is -0.461. The molecular formula is C20H13NO6. The number of rotatable bonds is 5. The summed E-state index contributed by atoms with van der Waals surface area (Å²) in [4.78, 5) is 22.7. The molecule has 4 rings (SSSR count). The summed E-state index contributed by atoms with van der Waals surface area (Å²) in [7, 11) is 0. The van der Waals surface area contributed by atoms with E-state index in [4.69, 9.17) is 13.9 Å². The largest absolute Gasteiger partial charge is 0.457 e. The second kappa shape index (κ2) is 6.80. The third kappa shape index (κ3) is 3.43. The average molecular weight is 363 g/mol. The van der Waals surface area contributed by atoms with Crippen LogP contribution in [0.15, 0.2) is 65.1 Å². The lowest BCUT2D eigenvalue weighted by Crippen LogP contribution is -1.94. The van der Waals surface area contributed by atoms with Crippen LogP contribution >= 0.6 is 0 Å². The van der Waals surface area contributed by atoms with E-state index in [1.807, 2.05) is 0 Å². The smallest absolute Gasteiger partial charge is 0.270 e. The van der Waals surface area contributed by atoms with Crippen LogP contribution in [0.4, 0.5) is 5.69 Å². The van der Waals surface area contributed by atoms with E-state index in [2.05, 4.69) is 0 Å². The van der Waals surface area contributed by atoms with E-state index in [-0.39, 0.29) is 18.3 Å². The standard InChI is InChI=1S/C20H13NO6/c22-17(13-4-8-19-20(11-13)26-12-25-19)7-5-16-6-9-18(27-16)14-2-1-3-15(10-14)21(23)24/h1-11H,12H2/b7-5+. The second-order valence-electron chi connectivity index (χ2n) is 5.78. The summed E-state index contributed by atoms with van der Waals surface area (Å²) in [6.45, 7) is 0.148. The molecule has 0 atom stereocenters. The fraction of sp³-hybridized carbons (Fsp3) is 0.0500. The molecule has 0 saturated heterocycles. The molecule has 0 amide bonds. The van der Waals surface area contributed by atoms with Gasteiger partial charge in [0.1, 0.15) is 11.5 Å². The van der Waals surface area contributed by atoms with Crippen molar-refractivity contribution >= 4 is 17.5 Å². The summed E-state index contributed by atoms with van der Waals surface area (Å²) in [5, 5.41) is 10.9. The Kier molecular flexibility index (Phi) is 4.18. The number of hydrogen-bond donors (Lipinski definition) is 0. The molecule has 0 N–H and O–H groups in total. The molecule has 0 radical (unpaired) electrons. The highest BCUT2D eigenvalue weighted by Gasteiger charge is 2.15. The van der Waals surface area contributed by atoms with E-state index in [0.717, 1.165) is 0 Å². The maximum absolute atomic E-state index is 12.3. The third-order valence-electron chi connectivity index (χ3n) is 4.02. The number of allylic oxidation sites excluding steroid dienone is 1. The first kappa shape index (κ1) is 16.6. The Bertz CT molecular complexity index is 1070. The number of fused-ring (bicyclic) bond motifs is 1. The number of nitro benzene ring substituents is 1. The van der Waals surface area contributed by atoms with Crippen molar-refractivity contribution in [2.75, 3.05) is 6.79 Å². The van der Waals surface area contributed by atoms with Gasteiger partial charge in [0, 0.05) is 23.3 Å². The Labute approximate surface area is 153 Å². The van der Waals surface area contributed by atoms with Crippen LogP contribution in [0, 0.1) is 10.1 Å². The first-order valence-corrected chi connectivity index (χ1v) is 8.07. The van der Waals surface area contributed by atoms with Crippen molar-refractivity contribution in [2.45, 2.75) is 0 Å². The first-order valence-electron chi connectivity index (χ1n) is 8.07. The molecule has 0 spiro atoms. The molecule has 2 heterocycles. The van der Waals surface area contributed by atoms with Gasteiger partial charge < -0.3 is 13.9 Å². The number of hydrogen-bond acceptors (Lipinski definition) is 6. The maximum Gasteiger partial charge on any atom is 0.270 e. The summed E-state index contributed by atoms with van der Waals surface area (Å²) in [5.74, 6) is 1.89. The predicted octanol–water partition coefficient (Wildman–Crippen LogP) is 4.48. The van der Waals surface area contributed by atoms with Gasteiger partial charge in [0.15, 0.2) is 17.3 Å². The number of benzene rings is 2. The molecule has 27 heavy (non-hydrogen) atoms. The highest BCUT2D eigenvalue weighted by atomic mass is 16.7. The second-order valence-corrected chi connectivity index (χ2v) is 5.78. The maximum atomic E-state index is 12.3. The van der Waals surface area contributed by atoms with Crippen LogP contribution in [0.1, 0.15) is 16.1 Å². The molecule has 0 bridgehead atoms. The molecule has 2 aromatic carbocycles. The van der Waals surface area contributed by atoms with Crippen molar-refractivity contribution in [3.05, 3.63) is 82.1 Å². The van der Waals surface area contributed by atoms with Crippen LogP contribution < -0.4 is 9.47 Å². The van der Waals surface area contributed by atoms with Crippen LogP contribution in [0.2, 0.25) is 0 Å². The van der Waals surface area contributed by atoms with Gasteiger partial charge in [0.05, 0.1) is 4.92 Å². The molecule has 1 aromatic heterocycles. The highest BCUT2D eigenvalue weighted by Crippen LogP contribution is 2.32. The first-order chi connectivity index (χ1) is 13.1.